The number of morpholine rings is 1. The molecule has 5 heteroatoms. The van der Waals surface area contributed by atoms with Crippen LogP contribution in [0.25, 0.3) is 0 Å². The molecule has 0 bridgehead atoms. The average Bonchev–Trinajstić information content (AvgIpc) is 2.37. The van der Waals surface area contributed by atoms with Gasteiger partial charge in [0.25, 0.3) is 0 Å². The van der Waals surface area contributed by atoms with E-state index in [-0.39, 0.29) is 6.10 Å². The maximum Gasteiger partial charge on any atom is 0.138 e. The molecule has 1 aliphatic heterocycles. The van der Waals surface area contributed by atoms with Gasteiger partial charge in [-0.2, -0.15) is 0 Å². The van der Waals surface area contributed by atoms with E-state index in [1.165, 1.54) is 0 Å². The zero-order valence-corrected chi connectivity index (χ0v) is 13.9. The molecule has 112 valence electrons. The highest BCUT2D eigenvalue weighted by Crippen LogP contribution is 2.24. The summed E-state index contributed by atoms with van der Waals surface area (Å²) in [6, 6.07) is 0.528. The quantitative estimate of drug-likeness (QED) is 0.868. The zero-order valence-electron chi connectivity index (χ0n) is 13.1. The SMILES string of the molecule is Cc1[nH]c(C2CN(C(C)C)CCO2)nc(=S)c1C(C)C. The second-order valence-corrected chi connectivity index (χ2v) is 6.46. The molecular weight excluding hydrogens is 270 g/mol. The third kappa shape index (κ3) is 3.27. The van der Waals surface area contributed by atoms with Gasteiger partial charge in [0, 0.05) is 30.4 Å². The van der Waals surface area contributed by atoms with Crippen LogP contribution in [0.15, 0.2) is 0 Å². The standard InChI is InChI=1S/C15H25N3OS/c1-9(2)13-11(5)16-14(17-15(13)20)12-8-18(10(3)4)6-7-19-12/h9-10,12H,6-8H2,1-5H3,(H,16,17,20). The first-order valence-electron chi connectivity index (χ1n) is 7.36. The maximum atomic E-state index is 5.87. The van der Waals surface area contributed by atoms with E-state index in [4.69, 9.17) is 17.0 Å². The second kappa shape index (κ2) is 6.33. The fourth-order valence-electron chi connectivity index (χ4n) is 2.75. The third-order valence-electron chi connectivity index (χ3n) is 3.88. The Bertz CT molecular complexity index is 524. The van der Waals surface area contributed by atoms with Gasteiger partial charge in [-0.15, -0.1) is 0 Å². The van der Waals surface area contributed by atoms with E-state index >= 15 is 0 Å². The zero-order chi connectivity index (χ0) is 14.9. The minimum Gasteiger partial charge on any atom is -0.368 e. The topological polar surface area (TPSA) is 41.2 Å². The van der Waals surface area contributed by atoms with Crippen LogP contribution in [0.4, 0.5) is 0 Å². The van der Waals surface area contributed by atoms with Crippen LogP contribution in [0, 0.1) is 11.6 Å². The smallest absolute Gasteiger partial charge is 0.138 e. The molecule has 0 radical (unpaired) electrons. The van der Waals surface area contributed by atoms with Crippen molar-refractivity contribution in [3.63, 3.8) is 0 Å². The van der Waals surface area contributed by atoms with E-state index in [0.717, 1.165) is 36.8 Å². The summed E-state index contributed by atoms with van der Waals surface area (Å²) in [6.45, 7) is 13.4. The van der Waals surface area contributed by atoms with Crippen LogP contribution in [-0.2, 0) is 4.74 Å². The molecule has 0 aliphatic carbocycles. The first-order valence-corrected chi connectivity index (χ1v) is 7.77. The van der Waals surface area contributed by atoms with Gasteiger partial charge in [0.1, 0.15) is 16.6 Å². The Kier molecular flexibility index (Phi) is 4.94. The number of aromatic amines is 1. The Hall–Kier alpha value is -0.780. The van der Waals surface area contributed by atoms with Gasteiger partial charge in [0.15, 0.2) is 0 Å². The lowest BCUT2D eigenvalue weighted by Crippen LogP contribution is -2.42. The molecule has 1 aromatic rings. The molecule has 0 spiro atoms. The van der Waals surface area contributed by atoms with Gasteiger partial charge in [-0.05, 0) is 26.7 Å². The number of aromatic nitrogens is 2. The Balaban J connectivity index is 2.27. The molecule has 1 unspecified atom stereocenters. The van der Waals surface area contributed by atoms with Crippen LogP contribution in [0.1, 0.15) is 56.8 Å². The number of aryl methyl sites for hydroxylation is 1. The number of H-pyrrole nitrogens is 1. The van der Waals surface area contributed by atoms with Crippen molar-refractivity contribution in [3.8, 4) is 0 Å². The van der Waals surface area contributed by atoms with Crippen molar-refractivity contribution < 1.29 is 4.74 Å². The summed E-state index contributed by atoms with van der Waals surface area (Å²) in [4.78, 5) is 10.4. The van der Waals surface area contributed by atoms with Crippen LogP contribution in [-0.4, -0.2) is 40.6 Å². The van der Waals surface area contributed by atoms with Crippen LogP contribution in [0.3, 0.4) is 0 Å². The van der Waals surface area contributed by atoms with Crippen LogP contribution in [0.2, 0.25) is 0 Å². The van der Waals surface area contributed by atoms with Gasteiger partial charge < -0.3 is 9.72 Å². The largest absolute Gasteiger partial charge is 0.368 e. The molecule has 0 saturated carbocycles. The highest BCUT2D eigenvalue weighted by atomic mass is 32.1. The first kappa shape index (κ1) is 15.6. The van der Waals surface area contributed by atoms with E-state index in [0.29, 0.717) is 16.6 Å². The minimum atomic E-state index is -0.00670. The number of rotatable bonds is 3. The Morgan fingerprint density at radius 2 is 2.05 bits per heavy atom. The first-order chi connectivity index (χ1) is 9.40. The Labute approximate surface area is 126 Å². The predicted molar refractivity (Wildman–Crippen MR) is 83.6 cm³/mol. The fourth-order valence-corrected chi connectivity index (χ4v) is 3.24. The lowest BCUT2D eigenvalue weighted by molar-refractivity contribution is -0.0444. The van der Waals surface area contributed by atoms with E-state index in [9.17, 15) is 0 Å². The van der Waals surface area contributed by atoms with E-state index in [1.807, 2.05) is 0 Å². The third-order valence-corrected chi connectivity index (χ3v) is 4.19. The summed E-state index contributed by atoms with van der Waals surface area (Å²) < 4.78 is 6.58. The highest BCUT2D eigenvalue weighted by molar-refractivity contribution is 7.71. The van der Waals surface area contributed by atoms with Crippen molar-refractivity contribution in [1.82, 2.24) is 14.9 Å². The number of nitrogens with zero attached hydrogens (tertiary/aromatic N) is 2. The van der Waals surface area contributed by atoms with Gasteiger partial charge >= 0.3 is 0 Å². The lowest BCUT2D eigenvalue weighted by Gasteiger charge is -2.35. The summed E-state index contributed by atoms with van der Waals surface area (Å²) in [5.41, 5.74) is 2.25. The summed E-state index contributed by atoms with van der Waals surface area (Å²) >= 11 is 5.45. The predicted octanol–water partition coefficient (Wildman–Crippen LogP) is 3.35. The molecule has 1 fully saturated rings. The molecule has 1 aromatic heterocycles. The Morgan fingerprint density at radius 3 is 2.60 bits per heavy atom. The van der Waals surface area contributed by atoms with Gasteiger partial charge in [-0.25, -0.2) is 4.98 Å². The minimum absolute atomic E-state index is 0.00670. The summed E-state index contributed by atoms with van der Waals surface area (Å²) in [7, 11) is 0. The van der Waals surface area contributed by atoms with Crippen molar-refractivity contribution in [1.29, 1.82) is 0 Å². The fraction of sp³-hybridized carbons (Fsp3) is 0.733. The molecule has 0 amide bonds. The van der Waals surface area contributed by atoms with Crippen LogP contribution >= 0.6 is 12.2 Å². The van der Waals surface area contributed by atoms with E-state index in [1.54, 1.807) is 0 Å². The number of hydrogen-bond donors (Lipinski definition) is 1. The molecular formula is C15H25N3OS. The van der Waals surface area contributed by atoms with Crippen molar-refractivity contribution in [2.24, 2.45) is 0 Å². The van der Waals surface area contributed by atoms with Crippen molar-refractivity contribution in [2.45, 2.75) is 52.7 Å². The van der Waals surface area contributed by atoms with E-state index < -0.39 is 0 Å². The van der Waals surface area contributed by atoms with Crippen LogP contribution in [0.5, 0.6) is 0 Å². The van der Waals surface area contributed by atoms with Crippen LogP contribution < -0.4 is 0 Å². The van der Waals surface area contributed by atoms with Gasteiger partial charge in [-0.1, -0.05) is 26.1 Å². The molecule has 4 nitrogen and oxygen atoms in total. The lowest BCUT2D eigenvalue weighted by atomic mass is 10.0. The maximum absolute atomic E-state index is 5.87. The Morgan fingerprint density at radius 1 is 1.35 bits per heavy atom. The van der Waals surface area contributed by atoms with Gasteiger partial charge in [0.05, 0.1) is 6.61 Å². The van der Waals surface area contributed by atoms with Gasteiger partial charge in [0.2, 0.25) is 0 Å². The molecule has 1 saturated heterocycles. The normalized spacial score (nSPS) is 20.9. The molecule has 2 heterocycles. The monoisotopic (exact) mass is 295 g/mol. The summed E-state index contributed by atoms with van der Waals surface area (Å²) in [5.74, 6) is 1.25. The van der Waals surface area contributed by atoms with Crippen molar-refractivity contribution in [3.05, 3.63) is 21.7 Å². The number of hydrogen-bond acceptors (Lipinski definition) is 4. The second-order valence-electron chi connectivity index (χ2n) is 6.07. The van der Waals surface area contributed by atoms with E-state index in [2.05, 4.69) is 49.5 Å². The van der Waals surface area contributed by atoms with Gasteiger partial charge in [-0.3, -0.25) is 4.90 Å². The number of nitrogens with one attached hydrogen (secondary N) is 1. The highest BCUT2D eigenvalue weighted by Gasteiger charge is 2.25. The molecule has 1 atom stereocenters. The van der Waals surface area contributed by atoms with Crippen molar-refractivity contribution in [2.75, 3.05) is 19.7 Å². The number of ether oxygens (including phenoxy) is 1. The molecule has 1 N–H and O–H groups in total. The van der Waals surface area contributed by atoms with Crippen molar-refractivity contribution >= 4 is 12.2 Å². The summed E-state index contributed by atoms with van der Waals surface area (Å²) in [5, 5.41) is 0. The molecule has 1 aliphatic rings. The molecule has 0 aromatic carbocycles. The molecule has 2 rings (SSSR count). The molecule has 20 heavy (non-hydrogen) atoms. The average molecular weight is 295 g/mol. The summed E-state index contributed by atoms with van der Waals surface area (Å²) in [6.07, 6.45) is -0.00670.